The van der Waals surface area contributed by atoms with Crippen molar-refractivity contribution in [2.45, 2.75) is 18.8 Å². The molecule has 3 heterocycles. The highest BCUT2D eigenvalue weighted by Crippen LogP contribution is 2.44. The molecule has 0 fully saturated rings. The van der Waals surface area contributed by atoms with E-state index in [1.54, 1.807) is 0 Å². The van der Waals surface area contributed by atoms with E-state index in [1.165, 1.54) is 16.7 Å². The number of hydrogen-bond acceptors (Lipinski definition) is 4. The Labute approximate surface area is 287 Å². The Morgan fingerprint density at radius 1 is 0.469 bits per heavy atom. The predicted molar refractivity (Wildman–Crippen MR) is 200 cm³/mol. The lowest BCUT2D eigenvalue weighted by Gasteiger charge is -2.33. The summed E-state index contributed by atoms with van der Waals surface area (Å²) in [6.45, 7) is 2.32. The van der Waals surface area contributed by atoms with E-state index in [-0.39, 0.29) is 5.41 Å². The predicted octanol–water partition coefficient (Wildman–Crippen LogP) is 10.8. The van der Waals surface area contributed by atoms with Gasteiger partial charge < -0.3 is 0 Å². The average molecular weight is 631 g/mol. The molecule has 234 valence electrons. The van der Waals surface area contributed by atoms with Gasteiger partial charge in [0.2, 0.25) is 0 Å². The fourth-order valence-corrected chi connectivity index (χ4v) is 6.60. The van der Waals surface area contributed by atoms with Gasteiger partial charge >= 0.3 is 0 Å². The molecule has 1 unspecified atom stereocenters. The van der Waals surface area contributed by atoms with Crippen LogP contribution < -0.4 is 0 Å². The lowest BCUT2D eigenvalue weighted by atomic mass is 9.71. The molecule has 0 amide bonds. The first kappa shape index (κ1) is 30.1. The van der Waals surface area contributed by atoms with Crippen LogP contribution in [0.5, 0.6) is 0 Å². The first-order valence-corrected chi connectivity index (χ1v) is 16.6. The Balaban J connectivity index is 1.26. The third-order valence-electron chi connectivity index (χ3n) is 9.21. The number of nitrogens with zero attached hydrogens (tertiary/aromatic N) is 4. The standard InChI is InChI=1S/C45H34N4/c1-45(39-24-22-36(23-25-39)41-17-9-11-27-47-41)30-37(32-18-20-35(21-19-32)40-16-8-10-26-46-40)28-38(31-45)44-48-42(33-12-4-2-5-13-33)29-43(49-44)34-14-6-3-7-15-34/h2-29,31H,30H2,1H3. The highest BCUT2D eigenvalue weighted by atomic mass is 14.9. The maximum atomic E-state index is 5.21. The molecule has 0 saturated carbocycles. The molecule has 1 atom stereocenters. The highest BCUT2D eigenvalue weighted by Gasteiger charge is 2.31. The van der Waals surface area contributed by atoms with E-state index in [0.29, 0.717) is 5.82 Å². The Morgan fingerprint density at radius 3 is 1.45 bits per heavy atom. The van der Waals surface area contributed by atoms with Crippen LogP contribution in [0.15, 0.2) is 176 Å². The van der Waals surface area contributed by atoms with Crippen LogP contribution in [0, 0.1) is 0 Å². The third kappa shape index (κ3) is 6.37. The molecule has 1 aliphatic carbocycles. The van der Waals surface area contributed by atoms with E-state index in [0.717, 1.165) is 57.0 Å². The van der Waals surface area contributed by atoms with Crippen molar-refractivity contribution < 1.29 is 0 Å². The van der Waals surface area contributed by atoms with Gasteiger partial charge in [0, 0.05) is 45.6 Å². The number of aromatic nitrogens is 4. The molecule has 0 spiro atoms. The summed E-state index contributed by atoms with van der Waals surface area (Å²) < 4.78 is 0. The molecule has 3 aromatic heterocycles. The second kappa shape index (κ2) is 13.1. The van der Waals surface area contributed by atoms with Crippen molar-refractivity contribution >= 4 is 11.1 Å². The third-order valence-corrected chi connectivity index (χ3v) is 9.21. The van der Waals surface area contributed by atoms with Crippen molar-refractivity contribution in [3.8, 4) is 45.0 Å². The highest BCUT2D eigenvalue weighted by molar-refractivity contribution is 5.87. The molecular formula is C45H34N4. The molecule has 0 saturated heterocycles. The molecule has 8 rings (SSSR count). The molecule has 0 N–H and O–H groups in total. The minimum atomic E-state index is -0.319. The van der Waals surface area contributed by atoms with Gasteiger partial charge in [-0.3, -0.25) is 9.97 Å². The zero-order chi connectivity index (χ0) is 33.0. The van der Waals surface area contributed by atoms with Crippen LogP contribution in [0.4, 0.5) is 0 Å². The van der Waals surface area contributed by atoms with Gasteiger partial charge in [-0.05, 0) is 59.5 Å². The van der Waals surface area contributed by atoms with Crippen LogP contribution in [-0.2, 0) is 5.41 Å². The summed E-state index contributed by atoms with van der Waals surface area (Å²) in [5.41, 5.74) is 12.3. The summed E-state index contributed by atoms with van der Waals surface area (Å²) in [5.74, 6) is 0.707. The average Bonchev–Trinajstić information content (AvgIpc) is 3.19. The zero-order valence-electron chi connectivity index (χ0n) is 27.2. The second-order valence-corrected chi connectivity index (χ2v) is 12.6. The van der Waals surface area contributed by atoms with Crippen LogP contribution >= 0.6 is 0 Å². The maximum absolute atomic E-state index is 5.21. The summed E-state index contributed by atoms with van der Waals surface area (Å²) in [6.07, 6.45) is 9.13. The van der Waals surface area contributed by atoms with Crippen LogP contribution in [0.1, 0.15) is 30.3 Å². The number of rotatable bonds is 7. The van der Waals surface area contributed by atoms with Gasteiger partial charge in [-0.2, -0.15) is 0 Å². The van der Waals surface area contributed by atoms with E-state index in [1.807, 2.05) is 60.9 Å². The molecular weight excluding hydrogens is 597 g/mol. The molecule has 0 bridgehead atoms. The number of allylic oxidation sites excluding steroid dienone is 4. The quantitative estimate of drug-likeness (QED) is 0.176. The summed E-state index contributed by atoms with van der Waals surface area (Å²) in [5, 5.41) is 0. The van der Waals surface area contributed by atoms with E-state index < -0.39 is 0 Å². The van der Waals surface area contributed by atoms with Gasteiger partial charge in [0.15, 0.2) is 5.82 Å². The molecule has 49 heavy (non-hydrogen) atoms. The second-order valence-electron chi connectivity index (χ2n) is 12.6. The van der Waals surface area contributed by atoms with Crippen molar-refractivity contribution in [2.75, 3.05) is 0 Å². The Hall–Kier alpha value is -6.26. The lowest BCUT2D eigenvalue weighted by Crippen LogP contribution is -2.23. The first-order valence-electron chi connectivity index (χ1n) is 16.6. The van der Waals surface area contributed by atoms with E-state index in [4.69, 9.17) is 9.97 Å². The van der Waals surface area contributed by atoms with E-state index in [2.05, 4.69) is 132 Å². The van der Waals surface area contributed by atoms with Crippen LogP contribution in [0.25, 0.3) is 56.2 Å². The minimum Gasteiger partial charge on any atom is -0.256 e. The normalized spacial score (nSPS) is 15.7. The van der Waals surface area contributed by atoms with E-state index in [9.17, 15) is 0 Å². The van der Waals surface area contributed by atoms with Crippen molar-refractivity contribution in [1.82, 2.24) is 19.9 Å². The minimum absolute atomic E-state index is 0.319. The lowest BCUT2D eigenvalue weighted by molar-refractivity contribution is 0.611. The van der Waals surface area contributed by atoms with Crippen LogP contribution in [-0.4, -0.2) is 19.9 Å². The number of hydrogen-bond donors (Lipinski definition) is 0. The fourth-order valence-electron chi connectivity index (χ4n) is 6.60. The molecule has 4 heteroatoms. The van der Waals surface area contributed by atoms with Gasteiger partial charge in [-0.25, -0.2) is 9.97 Å². The SMILES string of the molecule is CC1(c2ccc(-c3ccccn3)cc2)C=C(c2nc(-c3ccccc3)cc(-c3ccccc3)n2)C=C(c2ccc(-c3ccccn3)cc2)C1. The molecule has 4 nitrogen and oxygen atoms in total. The molecule has 7 aromatic rings. The zero-order valence-corrected chi connectivity index (χ0v) is 27.2. The van der Waals surface area contributed by atoms with Gasteiger partial charge in [-0.15, -0.1) is 0 Å². The van der Waals surface area contributed by atoms with Crippen molar-refractivity contribution in [3.05, 3.63) is 193 Å². The van der Waals surface area contributed by atoms with Gasteiger partial charge in [0.05, 0.1) is 22.8 Å². The summed E-state index contributed by atoms with van der Waals surface area (Å²) in [7, 11) is 0. The Morgan fingerprint density at radius 2 is 0.939 bits per heavy atom. The van der Waals surface area contributed by atoms with Crippen LogP contribution in [0.2, 0.25) is 0 Å². The van der Waals surface area contributed by atoms with Crippen LogP contribution in [0.3, 0.4) is 0 Å². The maximum Gasteiger partial charge on any atom is 0.160 e. The fraction of sp³-hybridized carbons (Fsp3) is 0.0667. The molecule has 0 radical (unpaired) electrons. The number of benzene rings is 4. The Bertz CT molecular complexity index is 2200. The topological polar surface area (TPSA) is 51.6 Å². The summed E-state index contributed by atoms with van der Waals surface area (Å²) in [6, 6.07) is 52.4. The first-order chi connectivity index (χ1) is 24.1. The van der Waals surface area contributed by atoms with Gasteiger partial charge in [0.1, 0.15) is 0 Å². The summed E-state index contributed by atoms with van der Waals surface area (Å²) >= 11 is 0. The Kier molecular flexibility index (Phi) is 8.04. The monoisotopic (exact) mass is 630 g/mol. The van der Waals surface area contributed by atoms with Gasteiger partial charge in [-0.1, -0.05) is 134 Å². The van der Waals surface area contributed by atoms with Gasteiger partial charge in [0.25, 0.3) is 0 Å². The smallest absolute Gasteiger partial charge is 0.160 e. The molecule has 1 aliphatic rings. The number of pyridine rings is 2. The van der Waals surface area contributed by atoms with E-state index >= 15 is 0 Å². The molecule has 0 aliphatic heterocycles. The largest absolute Gasteiger partial charge is 0.256 e. The van der Waals surface area contributed by atoms with Crippen molar-refractivity contribution in [1.29, 1.82) is 0 Å². The summed E-state index contributed by atoms with van der Waals surface area (Å²) in [4.78, 5) is 19.5. The van der Waals surface area contributed by atoms with Crippen molar-refractivity contribution in [3.63, 3.8) is 0 Å². The van der Waals surface area contributed by atoms with Crippen molar-refractivity contribution in [2.24, 2.45) is 0 Å². The molecule has 4 aromatic carbocycles.